The molecule has 2 aromatic carbocycles. The van der Waals surface area contributed by atoms with E-state index < -0.39 is 62.4 Å². The number of anilines is 1. The van der Waals surface area contributed by atoms with Crippen LogP contribution in [-0.2, 0) is 27.5 Å². The molecule has 0 aliphatic carbocycles. The van der Waals surface area contributed by atoms with E-state index in [2.05, 4.69) is 20.9 Å². The molecule has 0 spiro atoms. The van der Waals surface area contributed by atoms with Gasteiger partial charge in [0.1, 0.15) is 22.9 Å². The van der Waals surface area contributed by atoms with Gasteiger partial charge in [0, 0.05) is 17.3 Å². The number of phenolic OH excluding ortho intramolecular Hbond substituents is 2. The van der Waals surface area contributed by atoms with Crippen molar-refractivity contribution >= 4 is 37.6 Å². The van der Waals surface area contributed by atoms with E-state index in [1.807, 2.05) is 4.72 Å². The zero-order chi connectivity index (χ0) is 25.0. The fourth-order valence-corrected chi connectivity index (χ4v) is 4.98. The molecule has 34 heavy (non-hydrogen) atoms. The average Bonchev–Trinajstić information content (AvgIpc) is 2.75. The van der Waals surface area contributed by atoms with Crippen LogP contribution in [-0.4, -0.2) is 29.6 Å². The van der Waals surface area contributed by atoms with Gasteiger partial charge in [0.15, 0.2) is 11.6 Å². The Labute approximate surface area is 197 Å². The van der Waals surface area contributed by atoms with Crippen molar-refractivity contribution in [3.05, 3.63) is 63.6 Å². The lowest BCUT2D eigenvalue weighted by molar-refractivity contribution is -0.141. The number of rotatable bonds is 0. The first-order valence-electron chi connectivity index (χ1n) is 9.09. The Hall–Kier alpha value is -3.39. The van der Waals surface area contributed by atoms with Crippen molar-refractivity contribution in [2.45, 2.75) is 17.7 Å². The summed E-state index contributed by atoms with van der Waals surface area (Å²) in [5.74, 6) is -4.32. The van der Waals surface area contributed by atoms with Gasteiger partial charge in [0.2, 0.25) is 0 Å². The number of hydrogen-bond acceptors (Lipinski definition) is 7. The Kier molecular flexibility index (Phi) is 5.68. The monoisotopic (exact) mass is 562 g/mol. The highest BCUT2D eigenvalue weighted by Crippen LogP contribution is 2.39. The smallest absolute Gasteiger partial charge is 0.433 e. The molecule has 3 N–H and O–H groups in total. The van der Waals surface area contributed by atoms with Gasteiger partial charge in [-0.25, -0.2) is 17.6 Å². The predicted molar refractivity (Wildman–Crippen MR) is 112 cm³/mol. The molecule has 0 unspecified atom stereocenters. The summed E-state index contributed by atoms with van der Waals surface area (Å²) in [5.41, 5.74) is -2.84. The molecular formula is C20H11BrF4N2O6S. The number of nitrogens with zero attached hydrogens (tertiary/aromatic N) is 1. The highest BCUT2D eigenvalue weighted by atomic mass is 79.9. The van der Waals surface area contributed by atoms with Gasteiger partial charge in [0.25, 0.3) is 10.0 Å². The second-order valence-corrected chi connectivity index (χ2v) is 9.57. The number of aromatic nitrogens is 1. The first kappa shape index (κ1) is 23.8. The van der Waals surface area contributed by atoms with Gasteiger partial charge in [-0.1, -0.05) is 0 Å². The SMILES string of the molecule is O=C1OCc2cc(C(F)(F)F)ncc2-c2cc(F)c(O)c(c2)NS(=O)(=O)c2cc1cc(Br)c2O. The number of cyclic esters (lactones) is 1. The van der Waals surface area contributed by atoms with E-state index in [1.165, 1.54) is 0 Å². The average molecular weight is 563 g/mol. The lowest BCUT2D eigenvalue weighted by Crippen LogP contribution is -2.15. The maximum atomic E-state index is 14.5. The maximum Gasteiger partial charge on any atom is 0.433 e. The van der Waals surface area contributed by atoms with Crippen molar-refractivity contribution < 1.29 is 45.7 Å². The lowest BCUT2D eigenvalue weighted by atomic mass is 10.0. The van der Waals surface area contributed by atoms with E-state index >= 15 is 0 Å². The van der Waals surface area contributed by atoms with Crippen molar-refractivity contribution in [3.63, 3.8) is 0 Å². The molecule has 1 aliphatic heterocycles. The number of sulfonamides is 1. The number of nitrogens with one attached hydrogen (secondary N) is 1. The zero-order valence-electron chi connectivity index (χ0n) is 16.4. The number of alkyl halides is 3. The summed E-state index contributed by atoms with van der Waals surface area (Å²) in [5, 5.41) is 20.3. The second-order valence-electron chi connectivity index (χ2n) is 7.07. The number of phenols is 2. The molecule has 1 aromatic heterocycles. The van der Waals surface area contributed by atoms with Crippen LogP contribution in [0, 0.1) is 5.82 Å². The number of carbonyl (C=O) groups excluding carboxylic acids is 1. The van der Waals surface area contributed by atoms with Gasteiger partial charge in [-0.15, -0.1) is 0 Å². The van der Waals surface area contributed by atoms with E-state index in [4.69, 9.17) is 4.74 Å². The van der Waals surface area contributed by atoms with E-state index in [1.54, 1.807) is 0 Å². The molecule has 0 radical (unpaired) electrons. The molecule has 0 amide bonds. The first-order chi connectivity index (χ1) is 15.8. The van der Waals surface area contributed by atoms with Gasteiger partial charge in [-0.05, 0) is 51.8 Å². The summed E-state index contributed by atoms with van der Waals surface area (Å²) in [6.45, 7) is -0.717. The number of aromatic hydroxyl groups is 2. The minimum absolute atomic E-state index is 0.116. The molecule has 4 rings (SSSR count). The van der Waals surface area contributed by atoms with Gasteiger partial charge in [0.05, 0.1) is 15.7 Å². The molecule has 0 saturated carbocycles. The molecule has 178 valence electrons. The molecule has 3 aromatic rings. The Morgan fingerprint density at radius 3 is 2.44 bits per heavy atom. The Morgan fingerprint density at radius 1 is 1.06 bits per heavy atom. The summed E-state index contributed by atoms with van der Waals surface area (Å²) >= 11 is 2.91. The number of fused-ring (bicyclic) bond motifs is 6. The topological polar surface area (TPSA) is 126 Å². The van der Waals surface area contributed by atoms with Crippen LogP contribution in [0.15, 0.2) is 45.9 Å². The summed E-state index contributed by atoms with van der Waals surface area (Å²) in [6.07, 6.45) is -4.07. The fraction of sp³-hybridized carbons (Fsp3) is 0.100. The largest absolute Gasteiger partial charge is 0.505 e. The van der Waals surface area contributed by atoms with Crippen molar-refractivity contribution in [1.82, 2.24) is 4.98 Å². The molecule has 4 bridgehead atoms. The summed E-state index contributed by atoms with van der Waals surface area (Å²) < 4.78 is 86.7. The van der Waals surface area contributed by atoms with Crippen molar-refractivity contribution in [2.24, 2.45) is 0 Å². The van der Waals surface area contributed by atoms with Crippen LogP contribution in [0.4, 0.5) is 23.2 Å². The quantitative estimate of drug-likeness (QED) is 0.208. The maximum absolute atomic E-state index is 14.5. The molecule has 0 fully saturated rings. The summed E-state index contributed by atoms with van der Waals surface area (Å²) in [4.78, 5) is 15.1. The highest BCUT2D eigenvalue weighted by Gasteiger charge is 2.34. The minimum Gasteiger partial charge on any atom is -0.505 e. The molecule has 2 heterocycles. The van der Waals surface area contributed by atoms with Gasteiger partial charge in [-0.3, -0.25) is 9.71 Å². The number of esters is 1. The van der Waals surface area contributed by atoms with E-state index in [9.17, 15) is 41.0 Å². The number of benzene rings is 2. The van der Waals surface area contributed by atoms with Crippen molar-refractivity contribution in [2.75, 3.05) is 4.72 Å². The van der Waals surface area contributed by atoms with Gasteiger partial charge >= 0.3 is 12.1 Å². The number of hydrogen-bond donors (Lipinski definition) is 3. The van der Waals surface area contributed by atoms with E-state index in [0.29, 0.717) is 6.07 Å². The lowest BCUT2D eigenvalue weighted by Gasteiger charge is -2.15. The van der Waals surface area contributed by atoms with Crippen molar-refractivity contribution in [1.29, 1.82) is 0 Å². The molecular weight excluding hydrogens is 552 g/mol. The first-order valence-corrected chi connectivity index (χ1v) is 11.4. The van der Waals surface area contributed by atoms with Crippen LogP contribution in [0.5, 0.6) is 11.5 Å². The molecule has 14 heteroatoms. The standard InChI is InChI=1S/C20H11BrF4N2O6S/c21-12-1-9-4-15(17(12)28)34(31,32)27-14-3-8(2-13(22)18(14)29)11-6-26-16(20(23,24)25)5-10(11)7-33-19(9)30/h1-6,27-29H,7H2. The Morgan fingerprint density at radius 2 is 1.76 bits per heavy atom. The van der Waals surface area contributed by atoms with Crippen molar-refractivity contribution in [3.8, 4) is 22.6 Å². The Bertz CT molecular complexity index is 1460. The highest BCUT2D eigenvalue weighted by molar-refractivity contribution is 9.10. The van der Waals surface area contributed by atoms with Crippen LogP contribution < -0.4 is 4.72 Å². The van der Waals surface area contributed by atoms with Crippen LogP contribution in [0.1, 0.15) is 21.6 Å². The second kappa shape index (κ2) is 8.13. The van der Waals surface area contributed by atoms with E-state index in [-0.39, 0.29) is 26.7 Å². The third-order valence-electron chi connectivity index (χ3n) is 4.81. The van der Waals surface area contributed by atoms with Crippen LogP contribution >= 0.6 is 15.9 Å². The fourth-order valence-electron chi connectivity index (χ4n) is 3.19. The molecule has 0 atom stereocenters. The number of carbonyl (C=O) groups is 1. The molecule has 8 nitrogen and oxygen atoms in total. The number of pyridine rings is 1. The molecule has 1 aliphatic rings. The number of ether oxygens (including phenoxy) is 1. The summed E-state index contributed by atoms with van der Waals surface area (Å²) in [6, 6.07) is 4.11. The van der Waals surface area contributed by atoms with E-state index in [0.717, 1.165) is 30.5 Å². The predicted octanol–water partition coefficient (Wildman–Crippen LogP) is 4.55. The third-order valence-corrected chi connectivity index (χ3v) is 6.79. The Balaban J connectivity index is 2.01. The van der Waals surface area contributed by atoms with Gasteiger partial charge in [-0.2, -0.15) is 13.2 Å². The van der Waals surface area contributed by atoms with Crippen LogP contribution in [0.3, 0.4) is 0 Å². The number of halogens is 5. The normalized spacial score (nSPS) is 15.1. The van der Waals surface area contributed by atoms with Gasteiger partial charge < -0.3 is 14.9 Å². The van der Waals surface area contributed by atoms with Crippen LogP contribution in [0.2, 0.25) is 0 Å². The zero-order valence-corrected chi connectivity index (χ0v) is 18.8. The summed E-state index contributed by atoms with van der Waals surface area (Å²) in [7, 11) is -4.71. The minimum atomic E-state index is -4.84. The molecule has 0 saturated heterocycles. The third kappa shape index (κ3) is 4.25. The van der Waals surface area contributed by atoms with Crippen LogP contribution in [0.25, 0.3) is 11.1 Å².